The van der Waals surface area contributed by atoms with Crippen molar-refractivity contribution < 1.29 is 9.94 Å². The van der Waals surface area contributed by atoms with Gasteiger partial charge in [-0.3, -0.25) is 0 Å². The predicted molar refractivity (Wildman–Crippen MR) is 74.3 cm³/mol. The van der Waals surface area contributed by atoms with E-state index < -0.39 is 0 Å². The molecule has 0 amide bonds. The highest BCUT2D eigenvalue weighted by molar-refractivity contribution is 8.01. The first kappa shape index (κ1) is 13.6. The van der Waals surface area contributed by atoms with E-state index in [4.69, 9.17) is 15.7 Å². The number of amidine groups is 1. The summed E-state index contributed by atoms with van der Waals surface area (Å²) in [4.78, 5) is 5.07. The number of aromatic nitrogens is 2. The van der Waals surface area contributed by atoms with Crippen molar-refractivity contribution in [2.24, 2.45) is 10.9 Å². The Hall–Kier alpha value is -1.80. The molecule has 0 saturated heterocycles. The first-order chi connectivity index (χ1) is 9.13. The van der Waals surface area contributed by atoms with E-state index in [1.54, 1.807) is 19.2 Å². The molecule has 0 spiro atoms. The zero-order chi connectivity index (χ0) is 13.8. The zero-order valence-corrected chi connectivity index (χ0v) is 12.0. The lowest BCUT2D eigenvalue weighted by Crippen LogP contribution is -2.14. The smallest absolute Gasteiger partial charge is 0.174 e. The molecule has 0 unspecified atom stereocenters. The average molecular weight is 296 g/mol. The van der Waals surface area contributed by atoms with Crippen molar-refractivity contribution in [3.05, 3.63) is 29.6 Å². The van der Waals surface area contributed by atoms with Gasteiger partial charge in [0, 0.05) is 10.5 Å². The topological polar surface area (TPSA) is 93.6 Å². The van der Waals surface area contributed by atoms with Crippen LogP contribution < -0.4 is 10.5 Å². The fourth-order valence-corrected chi connectivity index (χ4v) is 3.17. The van der Waals surface area contributed by atoms with Crippen molar-refractivity contribution >= 4 is 29.1 Å². The second kappa shape index (κ2) is 5.89. The van der Waals surface area contributed by atoms with Crippen molar-refractivity contribution in [3.8, 4) is 5.75 Å². The number of nitrogens with zero attached hydrogens (tertiary/aromatic N) is 3. The third-order valence-corrected chi connectivity index (χ3v) is 4.18. The number of benzene rings is 1. The second-order valence-corrected chi connectivity index (χ2v) is 5.60. The molecule has 3 N–H and O–H groups in total. The lowest BCUT2D eigenvalue weighted by Gasteiger charge is -2.08. The van der Waals surface area contributed by atoms with Crippen LogP contribution in [0.5, 0.6) is 5.75 Å². The molecule has 2 aromatic rings. The number of hydrogen-bond donors (Lipinski definition) is 2. The van der Waals surface area contributed by atoms with E-state index in [0.717, 1.165) is 15.1 Å². The molecule has 1 heterocycles. The highest BCUT2D eigenvalue weighted by Gasteiger charge is 2.12. The molecule has 19 heavy (non-hydrogen) atoms. The molecular weight excluding hydrogens is 284 g/mol. The number of hydrogen-bond acceptors (Lipinski definition) is 7. The predicted octanol–water partition coefficient (Wildman–Crippen LogP) is 2.10. The number of oxime groups is 1. The Morgan fingerprint density at radius 2 is 2.32 bits per heavy atom. The van der Waals surface area contributed by atoms with Crippen LogP contribution in [0, 0.1) is 6.92 Å². The third kappa shape index (κ3) is 3.15. The minimum atomic E-state index is 0.0476. The van der Waals surface area contributed by atoms with Crippen LogP contribution in [0.2, 0.25) is 0 Å². The Kier molecular flexibility index (Phi) is 4.23. The molecule has 0 bridgehead atoms. The molecule has 0 aliphatic heterocycles. The van der Waals surface area contributed by atoms with Gasteiger partial charge in [-0.2, -0.15) is 4.37 Å². The van der Waals surface area contributed by atoms with Gasteiger partial charge in [0.25, 0.3) is 0 Å². The van der Waals surface area contributed by atoms with Gasteiger partial charge in [0.15, 0.2) is 10.2 Å². The Balaban J connectivity index is 2.40. The van der Waals surface area contributed by atoms with Crippen molar-refractivity contribution in [2.75, 3.05) is 7.11 Å². The molecule has 6 nitrogen and oxygen atoms in total. The Bertz CT molecular complexity index is 612. The van der Waals surface area contributed by atoms with Gasteiger partial charge in [0.05, 0.1) is 7.11 Å². The molecule has 100 valence electrons. The van der Waals surface area contributed by atoms with Gasteiger partial charge < -0.3 is 15.7 Å². The summed E-state index contributed by atoms with van der Waals surface area (Å²) in [6.45, 7) is 1.83. The van der Waals surface area contributed by atoms with Crippen LogP contribution in [0.3, 0.4) is 0 Å². The molecule has 0 aliphatic carbocycles. The normalized spacial score (nSPS) is 11.6. The maximum Gasteiger partial charge on any atom is 0.174 e. The van der Waals surface area contributed by atoms with E-state index in [9.17, 15) is 0 Å². The molecule has 0 radical (unpaired) electrons. The fraction of sp³-hybridized carbons (Fsp3) is 0.182. The molecule has 0 atom stereocenters. The van der Waals surface area contributed by atoms with E-state index in [-0.39, 0.29) is 5.84 Å². The first-order valence-corrected chi connectivity index (χ1v) is 6.87. The monoisotopic (exact) mass is 296 g/mol. The van der Waals surface area contributed by atoms with E-state index >= 15 is 0 Å². The minimum absolute atomic E-state index is 0.0476. The highest BCUT2D eigenvalue weighted by atomic mass is 32.2. The SMILES string of the molecule is COc1ccc(/C(N)=N/O)c(Sc2nc(C)ns2)c1. The van der Waals surface area contributed by atoms with Crippen molar-refractivity contribution in [1.82, 2.24) is 9.36 Å². The van der Waals surface area contributed by atoms with Crippen LogP contribution >= 0.6 is 23.3 Å². The molecule has 0 fully saturated rings. The van der Waals surface area contributed by atoms with Gasteiger partial charge in [-0.05, 0) is 36.7 Å². The Morgan fingerprint density at radius 3 is 2.89 bits per heavy atom. The van der Waals surface area contributed by atoms with E-state index in [2.05, 4.69) is 14.5 Å². The van der Waals surface area contributed by atoms with Gasteiger partial charge in [0.1, 0.15) is 11.6 Å². The maximum absolute atomic E-state index is 8.81. The van der Waals surface area contributed by atoms with Crippen LogP contribution in [0.4, 0.5) is 0 Å². The summed E-state index contributed by atoms with van der Waals surface area (Å²) in [7, 11) is 1.59. The van der Waals surface area contributed by atoms with E-state index in [1.807, 2.05) is 13.0 Å². The summed E-state index contributed by atoms with van der Waals surface area (Å²) in [5.74, 6) is 1.46. The number of aryl methyl sites for hydroxylation is 1. The number of ether oxygens (including phenoxy) is 1. The maximum atomic E-state index is 8.81. The Morgan fingerprint density at radius 1 is 1.53 bits per heavy atom. The molecular formula is C11H12N4O2S2. The van der Waals surface area contributed by atoms with E-state index in [1.165, 1.54) is 23.3 Å². The lowest BCUT2D eigenvalue weighted by atomic mass is 10.2. The van der Waals surface area contributed by atoms with Crippen LogP contribution in [-0.2, 0) is 0 Å². The van der Waals surface area contributed by atoms with Crippen molar-refractivity contribution in [3.63, 3.8) is 0 Å². The van der Waals surface area contributed by atoms with Gasteiger partial charge in [0.2, 0.25) is 0 Å². The molecule has 1 aromatic carbocycles. The van der Waals surface area contributed by atoms with E-state index in [0.29, 0.717) is 11.3 Å². The molecule has 1 aromatic heterocycles. The summed E-state index contributed by atoms with van der Waals surface area (Å²) < 4.78 is 10.1. The highest BCUT2D eigenvalue weighted by Crippen LogP contribution is 2.33. The largest absolute Gasteiger partial charge is 0.497 e. The number of nitrogens with two attached hydrogens (primary N) is 1. The number of rotatable bonds is 4. The van der Waals surface area contributed by atoms with Crippen LogP contribution in [-0.4, -0.2) is 27.5 Å². The van der Waals surface area contributed by atoms with Crippen LogP contribution in [0.25, 0.3) is 0 Å². The second-order valence-electron chi connectivity index (χ2n) is 3.56. The van der Waals surface area contributed by atoms with Gasteiger partial charge in [-0.25, -0.2) is 4.98 Å². The summed E-state index contributed by atoms with van der Waals surface area (Å²) >= 11 is 2.70. The molecule has 0 aliphatic rings. The summed E-state index contributed by atoms with van der Waals surface area (Å²) in [5.41, 5.74) is 6.28. The van der Waals surface area contributed by atoms with Crippen LogP contribution in [0.15, 0.2) is 32.6 Å². The van der Waals surface area contributed by atoms with Gasteiger partial charge in [-0.1, -0.05) is 16.9 Å². The third-order valence-electron chi connectivity index (χ3n) is 2.28. The minimum Gasteiger partial charge on any atom is -0.497 e. The molecule has 0 saturated carbocycles. The molecule has 8 heteroatoms. The molecule has 2 rings (SSSR count). The van der Waals surface area contributed by atoms with Crippen LogP contribution in [0.1, 0.15) is 11.4 Å². The lowest BCUT2D eigenvalue weighted by molar-refractivity contribution is 0.318. The van der Waals surface area contributed by atoms with Crippen molar-refractivity contribution in [2.45, 2.75) is 16.2 Å². The quantitative estimate of drug-likeness (QED) is 0.388. The van der Waals surface area contributed by atoms with Gasteiger partial charge in [-0.15, -0.1) is 0 Å². The average Bonchev–Trinajstić information content (AvgIpc) is 2.83. The number of methoxy groups -OCH3 is 1. The zero-order valence-electron chi connectivity index (χ0n) is 10.3. The first-order valence-electron chi connectivity index (χ1n) is 5.28. The summed E-state index contributed by atoms with van der Waals surface area (Å²) in [5, 5.41) is 11.8. The summed E-state index contributed by atoms with van der Waals surface area (Å²) in [6.07, 6.45) is 0. The van der Waals surface area contributed by atoms with Crippen molar-refractivity contribution in [1.29, 1.82) is 0 Å². The fourth-order valence-electron chi connectivity index (χ4n) is 1.39. The van der Waals surface area contributed by atoms with Gasteiger partial charge >= 0.3 is 0 Å². The standard InChI is InChI=1S/C11H12N4O2S2/c1-6-13-11(19-15-6)18-9-5-7(17-2)3-4-8(9)10(12)14-16/h3-5,16H,1-2H3,(H2,12,14). The summed E-state index contributed by atoms with van der Waals surface area (Å²) in [6, 6.07) is 5.31. The Labute approximate surface area is 118 Å².